The molecule has 0 aliphatic carbocycles. The Morgan fingerprint density at radius 2 is 2.08 bits per heavy atom. The minimum absolute atomic E-state index is 0.117. The lowest BCUT2D eigenvalue weighted by atomic mass is 10.1. The quantitative estimate of drug-likeness (QED) is 0.785. The van der Waals surface area contributed by atoms with Crippen LogP contribution in [0.3, 0.4) is 0 Å². The lowest BCUT2D eigenvalue weighted by molar-refractivity contribution is 0.0953. The van der Waals surface area contributed by atoms with Gasteiger partial charge in [-0.15, -0.1) is 0 Å². The molecule has 0 bridgehead atoms. The molecule has 0 unspecified atom stereocenters. The van der Waals surface area contributed by atoms with Gasteiger partial charge in [0.2, 0.25) is 0 Å². The maximum absolute atomic E-state index is 12.4. The van der Waals surface area contributed by atoms with Gasteiger partial charge in [0.15, 0.2) is 5.65 Å². The fourth-order valence-electron chi connectivity index (χ4n) is 2.57. The van der Waals surface area contributed by atoms with Crippen molar-refractivity contribution in [3.8, 4) is 5.75 Å². The van der Waals surface area contributed by atoms with Gasteiger partial charge in [-0.25, -0.2) is 9.97 Å². The van der Waals surface area contributed by atoms with Crippen LogP contribution in [0.25, 0.3) is 11.0 Å². The zero-order valence-electron chi connectivity index (χ0n) is 13.7. The van der Waals surface area contributed by atoms with Gasteiger partial charge in [0.05, 0.1) is 18.4 Å². The molecule has 3 aromatic rings. The standard InChI is InChI=1S/C19H19N3O2/c1-13-17(12-15-6-4-9-20-18(15)22-13)19(23)21-10-8-14-5-3-7-16(11-14)24-2/h3-7,9,11-12H,8,10H2,1-2H3,(H,21,23). The summed E-state index contributed by atoms with van der Waals surface area (Å²) in [6.07, 6.45) is 2.44. The number of hydrogen-bond acceptors (Lipinski definition) is 4. The maximum atomic E-state index is 12.4. The molecule has 2 heterocycles. The summed E-state index contributed by atoms with van der Waals surface area (Å²) in [5, 5.41) is 3.81. The average molecular weight is 321 g/mol. The molecule has 3 rings (SSSR count). The minimum Gasteiger partial charge on any atom is -0.497 e. The number of aryl methyl sites for hydroxylation is 1. The number of carbonyl (C=O) groups is 1. The van der Waals surface area contributed by atoms with Crippen LogP contribution in [0.1, 0.15) is 21.6 Å². The first kappa shape index (κ1) is 15.9. The number of benzene rings is 1. The van der Waals surface area contributed by atoms with Gasteiger partial charge in [-0.3, -0.25) is 4.79 Å². The van der Waals surface area contributed by atoms with Crippen molar-refractivity contribution in [3.63, 3.8) is 0 Å². The number of fused-ring (bicyclic) bond motifs is 1. The second-order valence-electron chi connectivity index (χ2n) is 5.53. The SMILES string of the molecule is COc1cccc(CCNC(=O)c2cc3cccnc3nc2C)c1. The largest absolute Gasteiger partial charge is 0.497 e. The van der Waals surface area contributed by atoms with Crippen molar-refractivity contribution in [2.75, 3.05) is 13.7 Å². The van der Waals surface area contributed by atoms with Gasteiger partial charge in [-0.1, -0.05) is 12.1 Å². The summed E-state index contributed by atoms with van der Waals surface area (Å²) in [5.74, 6) is 0.703. The van der Waals surface area contributed by atoms with Gasteiger partial charge in [0.1, 0.15) is 5.75 Å². The van der Waals surface area contributed by atoms with Gasteiger partial charge < -0.3 is 10.1 Å². The van der Waals surface area contributed by atoms with E-state index < -0.39 is 0 Å². The molecule has 0 saturated carbocycles. The number of aromatic nitrogens is 2. The zero-order chi connectivity index (χ0) is 16.9. The van der Waals surface area contributed by atoms with Gasteiger partial charge in [-0.05, 0) is 49.2 Å². The molecule has 0 aliphatic rings. The summed E-state index contributed by atoms with van der Waals surface area (Å²) in [6, 6.07) is 13.4. The topological polar surface area (TPSA) is 64.1 Å². The number of pyridine rings is 2. The molecule has 0 fully saturated rings. The zero-order valence-corrected chi connectivity index (χ0v) is 13.7. The molecule has 0 atom stereocenters. The van der Waals surface area contributed by atoms with Gasteiger partial charge in [-0.2, -0.15) is 0 Å². The van der Waals surface area contributed by atoms with Crippen LogP contribution in [0.5, 0.6) is 5.75 Å². The van der Waals surface area contributed by atoms with Crippen molar-refractivity contribution in [2.24, 2.45) is 0 Å². The number of amides is 1. The van der Waals surface area contributed by atoms with Crippen molar-refractivity contribution in [2.45, 2.75) is 13.3 Å². The fourth-order valence-corrected chi connectivity index (χ4v) is 2.57. The van der Waals surface area contributed by atoms with E-state index >= 15 is 0 Å². The molecular formula is C19H19N3O2. The van der Waals surface area contributed by atoms with Crippen molar-refractivity contribution >= 4 is 16.9 Å². The molecule has 24 heavy (non-hydrogen) atoms. The van der Waals surface area contributed by atoms with E-state index in [9.17, 15) is 4.79 Å². The lowest BCUT2D eigenvalue weighted by Crippen LogP contribution is -2.26. The molecule has 0 radical (unpaired) electrons. The molecule has 2 aromatic heterocycles. The first-order chi connectivity index (χ1) is 11.7. The Hall–Kier alpha value is -2.95. The van der Waals surface area contributed by atoms with E-state index in [-0.39, 0.29) is 5.91 Å². The van der Waals surface area contributed by atoms with E-state index in [1.807, 2.05) is 49.4 Å². The van der Waals surface area contributed by atoms with E-state index in [0.29, 0.717) is 23.4 Å². The van der Waals surface area contributed by atoms with Crippen LogP contribution in [0.4, 0.5) is 0 Å². The highest BCUT2D eigenvalue weighted by Gasteiger charge is 2.11. The third-order valence-corrected chi connectivity index (χ3v) is 3.86. The Balaban J connectivity index is 1.67. The summed E-state index contributed by atoms with van der Waals surface area (Å²) >= 11 is 0. The molecule has 1 aromatic carbocycles. The summed E-state index contributed by atoms with van der Waals surface area (Å²) in [6.45, 7) is 2.38. The van der Waals surface area contributed by atoms with Gasteiger partial charge in [0.25, 0.3) is 5.91 Å². The molecule has 0 aliphatic heterocycles. The second kappa shape index (κ2) is 7.08. The van der Waals surface area contributed by atoms with Crippen molar-refractivity contribution in [1.82, 2.24) is 15.3 Å². The van der Waals surface area contributed by atoms with Gasteiger partial charge >= 0.3 is 0 Å². The van der Waals surface area contributed by atoms with Crippen molar-refractivity contribution in [3.05, 3.63) is 65.5 Å². The molecule has 122 valence electrons. The van der Waals surface area contributed by atoms with Crippen LogP contribution >= 0.6 is 0 Å². The first-order valence-corrected chi connectivity index (χ1v) is 7.81. The molecule has 0 saturated heterocycles. The summed E-state index contributed by atoms with van der Waals surface area (Å²) in [4.78, 5) is 21.0. The predicted octanol–water partition coefficient (Wildman–Crippen LogP) is 2.92. The number of carbonyl (C=O) groups excluding carboxylic acids is 1. The highest BCUT2D eigenvalue weighted by atomic mass is 16.5. The van der Waals surface area contributed by atoms with Gasteiger partial charge in [0, 0.05) is 18.1 Å². The minimum atomic E-state index is -0.117. The Kier molecular flexibility index (Phi) is 4.70. The van der Waals surface area contributed by atoms with E-state index in [1.165, 1.54) is 0 Å². The normalized spacial score (nSPS) is 10.6. The number of methoxy groups -OCH3 is 1. The van der Waals surface area contributed by atoms with E-state index in [2.05, 4.69) is 15.3 Å². The average Bonchev–Trinajstić information content (AvgIpc) is 2.61. The van der Waals surface area contributed by atoms with E-state index in [1.54, 1.807) is 13.3 Å². The van der Waals surface area contributed by atoms with Crippen LogP contribution < -0.4 is 10.1 Å². The number of ether oxygens (including phenoxy) is 1. The number of hydrogen-bond donors (Lipinski definition) is 1. The Morgan fingerprint density at radius 1 is 1.21 bits per heavy atom. The second-order valence-corrected chi connectivity index (χ2v) is 5.53. The van der Waals surface area contributed by atoms with Crippen LogP contribution in [0.2, 0.25) is 0 Å². The number of nitrogens with one attached hydrogen (secondary N) is 1. The van der Waals surface area contributed by atoms with Crippen LogP contribution in [0, 0.1) is 6.92 Å². The molecule has 1 amide bonds. The molecular weight excluding hydrogens is 302 g/mol. The van der Waals surface area contributed by atoms with E-state index in [4.69, 9.17) is 4.74 Å². The highest BCUT2D eigenvalue weighted by Crippen LogP contribution is 2.15. The Morgan fingerprint density at radius 3 is 2.92 bits per heavy atom. The maximum Gasteiger partial charge on any atom is 0.253 e. The monoisotopic (exact) mass is 321 g/mol. The molecule has 5 nitrogen and oxygen atoms in total. The third kappa shape index (κ3) is 3.51. The lowest BCUT2D eigenvalue weighted by Gasteiger charge is -2.09. The highest BCUT2D eigenvalue weighted by molar-refractivity contribution is 5.98. The molecule has 1 N–H and O–H groups in total. The van der Waals surface area contributed by atoms with Crippen LogP contribution in [-0.4, -0.2) is 29.5 Å². The molecule has 5 heteroatoms. The predicted molar refractivity (Wildman–Crippen MR) is 93.3 cm³/mol. The van der Waals surface area contributed by atoms with Crippen molar-refractivity contribution < 1.29 is 9.53 Å². The molecule has 0 spiro atoms. The fraction of sp³-hybridized carbons (Fsp3) is 0.211. The first-order valence-electron chi connectivity index (χ1n) is 7.81. The number of nitrogens with zero attached hydrogens (tertiary/aromatic N) is 2. The summed E-state index contributed by atoms with van der Waals surface area (Å²) in [7, 11) is 1.64. The Bertz CT molecular complexity index is 877. The van der Waals surface area contributed by atoms with Crippen LogP contribution in [0.15, 0.2) is 48.7 Å². The van der Waals surface area contributed by atoms with Crippen LogP contribution in [-0.2, 0) is 6.42 Å². The number of rotatable bonds is 5. The van der Waals surface area contributed by atoms with E-state index in [0.717, 1.165) is 23.1 Å². The summed E-state index contributed by atoms with van der Waals surface area (Å²) < 4.78 is 5.21. The third-order valence-electron chi connectivity index (χ3n) is 3.86. The van der Waals surface area contributed by atoms with Crippen molar-refractivity contribution in [1.29, 1.82) is 0 Å². The summed E-state index contributed by atoms with van der Waals surface area (Å²) in [5.41, 5.74) is 3.04. The smallest absolute Gasteiger partial charge is 0.253 e. The Labute approximate surface area is 140 Å².